The van der Waals surface area contributed by atoms with Crippen molar-refractivity contribution in [2.24, 2.45) is 0 Å². The molecule has 0 saturated carbocycles. The van der Waals surface area contributed by atoms with Crippen molar-refractivity contribution in [2.75, 3.05) is 24.3 Å². The first-order valence-electron chi connectivity index (χ1n) is 11.0. The van der Waals surface area contributed by atoms with Crippen molar-refractivity contribution >= 4 is 35.1 Å². The largest absolute Gasteiger partial charge is 0.497 e. The lowest BCUT2D eigenvalue weighted by Crippen LogP contribution is -2.36. The van der Waals surface area contributed by atoms with Crippen LogP contribution in [0.2, 0.25) is 0 Å². The molecule has 3 aromatic rings. The van der Waals surface area contributed by atoms with Crippen molar-refractivity contribution in [3.8, 4) is 11.4 Å². The zero-order valence-electron chi connectivity index (χ0n) is 18.6. The molecule has 0 radical (unpaired) electrons. The van der Waals surface area contributed by atoms with Crippen LogP contribution in [0.25, 0.3) is 5.69 Å². The van der Waals surface area contributed by atoms with Crippen LogP contribution in [-0.2, 0) is 17.6 Å². The molecule has 3 heterocycles. The van der Waals surface area contributed by atoms with E-state index in [0.717, 1.165) is 42.1 Å². The number of hydrogen-bond donors (Lipinski definition) is 0. The van der Waals surface area contributed by atoms with Crippen LogP contribution in [-0.4, -0.2) is 40.1 Å². The number of hydrogen-bond acceptors (Lipinski definition) is 6. The SMILES string of the molecule is COc1ccc(-n2c(SCC(=O)N3CCCc4ccccc43)nc3c(c2=O)SC(C)C3)cc1. The molecule has 170 valence electrons. The molecular weight excluding hydrogens is 454 g/mol. The predicted octanol–water partition coefficient (Wildman–Crippen LogP) is 4.35. The van der Waals surface area contributed by atoms with Gasteiger partial charge < -0.3 is 9.64 Å². The standard InChI is InChI=1S/C25H25N3O3S2/c1-16-14-20-23(33-16)24(30)28(18-9-11-19(31-2)12-10-18)25(26-20)32-15-22(29)27-13-5-7-17-6-3-4-8-21(17)27/h3-4,6,8-12,16H,5,7,13-15H2,1-2H3. The molecule has 0 bridgehead atoms. The maximum absolute atomic E-state index is 13.5. The van der Waals surface area contributed by atoms with Gasteiger partial charge in [0.05, 0.1) is 29.1 Å². The summed E-state index contributed by atoms with van der Waals surface area (Å²) >= 11 is 2.91. The van der Waals surface area contributed by atoms with Crippen LogP contribution in [0, 0.1) is 0 Å². The molecule has 0 spiro atoms. The van der Waals surface area contributed by atoms with Crippen LogP contribution in [0.15, 0.2) is 63.4 Å². The number of carbonyl (C=O) groups excluding carboxylic acids is 1. The summed E-state index contributed by atoms with van der Waals surface area (Å²) in [5, 5.41) is 0.869. The lowest BCUT2D eigenvalue weighted by atomic mass is 10.0. The number of benzene rings is 2. The van der Waals surface area contributed by atoms with Crippen molar-refractivity contribution in [2.45, 2.75) is 41.5 Å². The molecular formula is C25H25N3O3S2. The molecule has 0 saturated heterocycles. The Morgan fingerprint density at radius 1 is 1.21 bits per heavy atom. The minimum absolute atomic E-state index is 0.0333. The average molecular weight is 480 g/mol. The third-order valence-corrected chi connectivity index (χ3v) is 8.09. The lowest BCUT2D eigenvalue weighted by molar-refractivity contribution is -0.116. The van der Waals surface area contributed by atoms with E-state index in [0.29, 0.717) is 21.8 Å². The van der Waals surface area contributed by atoms with Gasteiger partial charge in [-0.3, -0.25) is 14.2 Å². The Morgan fingerprint density at radius 2 is 2.00 bits per heavy atom. The number of anilines is 1. The first-order valence-corrected chi connectivity index (χ1v) is 12.9. The summed E-state index contributed by atoms with van der Waals surface area (Å²) in [6, 6.07) is 15.4. The molecule has 8 heteroatoms. The molecule has 5 rings (SSSR count). The number of thioether (sulfide) groups is 2. The van der Waals surface area contributed by atoms with Gasteiger partial charge in [-0.2, -0.15) is 0 Å². The number of aryl methyl sites for hydroxylation is 1. The average Bonchev–Trinajstić information content (AvgIpc) is 3.23. The van der Waals surface area contributed by atoms with Crippen LogP contribution in [0.5, 0.6) is 5.75 Å². The number of ether oxygens (including phenoxy) is 1. The maximum atomic E-state index is 13.5. The van der Waals surface area contributed by atoms with Crippen LogP contribution in [0.3, 0.4) is 0 Å². The van der Waals surface area contributed by atoms with E-state index in [1.54, 1.807) is 23.4 Å². The Labute approximate surface area is 201 Å². The molecule has 1 unspecified atom stereocenters. The number of amides is 1. The molecule has 1 atom stereocenters. The molecule has 0 aliphatic carbocycles. The van der Waals surface area contributed by atoms with Crippen LogP contribution >= 0.6 is 23.5 Å². The summed E-state index contributed by atoms with van der Waals surface area (Å²) in [6.45, 7) is 2.82. The Kier molecular flexibility index (Phi) is 6.21. The van der Waals surface area contributed by atoms with Crippen LogP contribution < -0.4 is 15.2 Å². The smallest absolute Gasteiger partial charge is 0.272 e. The normalized spacial score (nSPS) is 16.9. The Hall–Kier alpha value is -2.71. The highest BCUT2D eigenvalue weighted by Crippen LogP contribution is 2.35. The summed E-state index contributed by atoms with van der Waals surface area (Å²) < 4.78 is 6.90. The third kappa shape index (κ3) is 4.29. The van der Waals surface area contributed by atoms with Gasteiger partial charge in [0.25, 0.3) is 5.56 Å². The lowest BCUT2D eigenvalue weighted by Gasteiger charge is -2.29. The summed E-state index contributed by atoms with van der Waals surface area (Å²) in [5.74, 6) is 0.973. The summed E-state index contributed by atoms with van der Waals surface area (Å²) in [4.78, 5) is 34.1. The molecule has 2 aromatic carbocycles. The van der Waals surface area contributed by atoms with Gasteiger partial charge in [0.15, 0.2) is 5.16 Å². The van der Waals surface area contributed by atoms with Gasteiger partial charge in [0, 0.05) is 23.9 Å². The van der Waals surface area contributed by atoms with E-state index in [1.165, 1.54) is 17.3 Å². The molecule has 2 aliphatic rings. The van der Waals surface area contributed by atoms with E-state index in [4.69, 9.17) is 9.72 Å². The van der Waals surface area contributed by atoms with Crippen LogP contribution in [0.1, 0.15) is 24.6 Å². The van der Waals surface area contributed by atoms with E-state index in [-0.39, 0.29) is 17.2 Å². The highest BCUT2D eigenvalue weighted by Gasteiger charge is 2.28. The van der Waals surface area contributed by atoms with E-state index in [2.05, 4.69) is 13.0 Å². The first-order chi connectivity index (χ1) is 16.0. The van der Waals surface area contributed by atoms with Crippen molar-refractivity contribution in [3.63, 3.8) is 0 Å². The number of carbonyl (C=O) groups is 1. The second-order valence-electron chi connectivity index (χ2n) is 8.21. The van der Waals surface area contributed by atoms with Gasteiger partial charge in [0.2, 0.25) is 5.91 Å². The second-order valence-corrected chi connectivity index (χ2v) is 10.6. The highest BCUT2D eigenvalue weighted by molar-refractivity contribution is 8.00. The number of para-hydroxylation sites is 1. The zero-order chi connectivity index (χ0) is 22.9. The number of rotatable bonds is 5. The number of methoxy groups -OCH3 is 1. The van der Waals surface area contributed by atoms with Crippen molar-refractivity contribution < 1.29 is 9.53 Å². The highest BCUT2D eigenvalue weighted by atomic mass is 32.2. The maximum Gasteiger partial charge on any atom is 0.272 e. The number of aromatic nitrogens is 2. The molecule has 6 nitrogen and oxygen atoms in total. The fourth-order valence-electron chi connectivity index (χ4n) is 4.35. The molecule has 2 aliphatic heterocycles. The second kappa shape index (κ2) is 9.27. The van der Waals surface area contributed by atoms with E-state index >= 15 is 0 Å². The van der Waals surface area contributed by atoms with Crippen molar-refractivity contribution in [1.82, 2.24) is 9.55 Å². The molecule has 0 fully saturated rings. The van der Waals surface area contributed by atoms with Gasteiger partial charge >= 0.3 is 0 Å². The third-order valence-electron chi connectivity index (χ3n) is 5.95. The zero-order valence-corrected chi connectivity index (χ0v) is 20.2. The first kappa shape index (κ1) is 22.1. The monoisotopic (exact) mass is 479 g/mol. The van der Waals surface area contributed by atoms with E-state index < -0.39 is 0 Å². The van der Waals surface area contributed by atoms with E-state index in [1.807, 2.05) is 47.4 Å². The topological polar surface area (TPSA) is 64.4 Å². The number of nitrogens with zero attached hydrogens (tertiary/aromatic N) is 3. The fraction of sp³-hybridized carbons (Fsp3) is 0.320. The molecule has 1 aromatic heterocycles. The molecule has 33 heavy (non-hydrogen) atoms. The van der Waals surface area contributed by atoms with Crippen molar-refractivity contribution in [1.29, 1.82) is 0 Å². The van der Waals surface area contributed by atoms with Gasteiger partial charge in [-0.05, 0) is 48.7 Å². The minimum Gasteiger partial charge on any atom is -0.497 e. The van der Waals surface area contributed by atoms with Crippen molar-refractivity contribution in [3.05, 3.63) is 70.1 Å². The Balaban J connectivity index is 1.47. The van der Waals surface area contributed by atoms with Gasteiger partial charge in [-0.1, -0.05) is 36.9 Å². The van der Waals surface area contributed by atoms with Gasteiger partial charge in [0.1, 0.15) is 5.75 Å². The Morgan fingerprint density at radius 3 is 2.79 bits per heavy atom. The Bertz CT molecular complexity index is 1260. The van der Waals surface area contributed by atoms with Crippen LogP contribution in [0.4, 0.5) is 5.69 Å². The quantitative estimate of drug-likeness (QED) is 0.401. The van der Waals surface area contributed by atoms with E-state index in [9.17, 15) is 9.59 Å². The predicted molar refractivity (Wildman–Crippen MR) is 133 cm³/mol. The number of fused-ring (bicyclic) bond motifs is 2. The molecule has 0 N–H and O–H groups in total. The fourth-order valence-corrected chi connectivity index (χ4v) is 6.35. The van der Waals surface area contributed by atoms with Gasteiger partial charge in [-0.15, -0.1) is 11.8 Å². The summed E-state index contributed by atoms with van der Waals surface area (Å²) in [6.07, 6.45) is 2.71. The summed E-state index contributed by atoms with van der Waals surface area (Å²) in [7, 11) is 1.61. The van der Waals surface area contributed by atoms with Gasteiger partial charge in [-0.25, -0.2) is 4.98 Å². The minimum atomic E-state index is -0.0715. The molecule has 1 amide bonds. The summed E-state index contributed by atoms with van der Waals surface area (Å²) in [5.41, 5.74) is 3.68.